The molecule has 1 aliphatic rings. The molecule has 0 aromatic rings. The molecule has 1 N–H and O–H groups in total. The van der Waals surface area contributed by atoms with Crippen molar-refractivity contribution in [2.24, 2.45) is 0 Å². The first-order valence-electron chi connectivity index (χ1n) is 3.62. The van der Waals surface area contributed by atoms with Crippen LogP contribution >= 0.6 is 0 Å². The molecule has 4 heteroatoms. The van der Waals surface area contributed by atoms with Crippen molar-refractivity contribution < 1.29 is 37.5 Å². The fourth-order valence-electron chi connectivity index (χ4n) is 1.08. The van der Waals surface area contributed by atoms with Crippen LogP contribution in [-0.2, 0) is 37.5 Å². The Morgan fingerprint density at radius 3 is 2.91 bits per heavy atom. The first-order chi connectivity index (χ1) is 4.84. The number of hydrogen-bond acceptors (Lipinski definition) is 1. The minimum absolute atomic E-state index is 0. The number of rotatable bonds is 2. The molecule has 1 rings (SSSR count). The summed E-state index contributed by atoms with van der Waals surface area (Å²) < 4.78 is 0. The van der Waals surface area contributed by atoms with Gasteiger partial charge in [-0.25, -0.2) is 6.54 Å². The van der Waals surface area contributed by atoms with Crippen molar-refractivity contribution in [3.8, 4) is 0 Å². The first-order valence-corrected chi connectivity index (χ1v) is 3.62. The molecule has 1 amide bonds. The summed E-state index contributed by atoms with van der Waals surface area (Å²) in [4.78, 5) is 12.7. The molecule has 1 heterocycles. The third kappa shape index (κ3) is 3.63. The van der Waals surface area contributed by atoms with E-state index in [1.54, 1.807) is 4.90 Å². The molecule has 11 heavy (non-hydrogen) atoms. The van der Waals surface area contributed by atoms with E-state index < -0.39 is 0 Å². The number of hydrogen-bond donors (Lipinski definition) is 0. The third-order valence-electron chi connectivity index (χ3n) is 1.62. The molecule has 0 aromatic carbocycles. The molecule has 1 aliphatic heterocycles. The fraction of sp³-hybridized carbons (Fsp3) is 0.714. The Morgan fingerprint density at radius 1 is 1.64 bits per heavy atom. The summed E-state index contributed by atoms with van der Waals surface area (Å²) in [7, 11) is 0. The second-order valence-electron chi connectivity index (χ2n) is 2.41. The standard InChI is InChI=1S/C7H12N2O.Y/c8-4-6-9-5-2-1-3-7(9)10;/h5,8H,1-4,6H2;/q-2;. The summed E-state index contributed by atoms with van der Waals surface area (Å²) >= 11 is 0. The number of nitrogens with one attached hydrogen (secondary N) is 1. The molecule has 0 bridgehead atoms. The van der Waals surface area contributed by atoms with E-state index in [0.717, 1.165) is 12.8 Å². The maximum Gasteiger partial charge on any atom is 0.193 e. The van der Waals surface area contributed by atoms with Gasteiger partial charge in [0.25, 0.3) is 0 Å². The van der Waals surface area contributed by atoms with Crippen molar-refractivity contribution in [1.29, 1.82) is 0 Å². The van der Waals surface area contributed by atoms with Gasteiger partial charge in [0.05, 0.1) is 0 Å². The monoisotopic (exact) mass is 229 g/mol. The van der Waals surface area contributed by atoms with Gasteiger partial charge in [0.2, 0.25) is 0 Å². The molecule has 0 aromatic heterocycles. The molecule has 3 nitrogen and oxygen atoms in total. The molecular formula is C7H12N2OY-2. The summed E-state index contributed by atoms with van der Waals surface area (Å²) in [6.07, 6.45) is 2.63. The van der Waals surface area contributed by atoms with Crippen molar-refractivity contribution in [2.45, 2.75) is 19.3 Å². The van der Waals surface area contributed by atoms with Crippen molar-refractivity contribution >= 4 is 5.91 Å². The van der Waals surface area contributed by atoms with Gasteiger partial charge in [0.1, 0.15) is 0 Å². The van der Waals surface area contributed by atoms with Crippen molar-refractivity contribution in [1.82, 2.24) is 4.90 Å². The number of piperidine rings is 1. The molecule has 0 unspecified atom stereocenters. The van der Waals surface area contributed by atoms with Gasteiger partial charge in [0.15, 0.2) is 5.91 Å². The van der Waals surface area contributed by atoms with Crippen molar-refractivity contribution in [3.05, 3.63) is 12.3 Å². The number of carbonyl (C=O) groups excluding carboxylic acids is 1. The minimum atomic E-state index is 0. The Balaban J connectivity index is 0.000001000. The van der Waals surface area contributed by atoms with E-state index in [1.165, 1.54) is 0 Å². The topological polar surface area (TPSA) is 44.1 Å². The van der Waals surface area contributed by atoms with Crippen LogP contribution in [0, 0.1) is 6.54 Å². The van der Waals surface area contributed by atoms with Gasteiger partial charge in [-0.3, -0.25) is 4.79 Å². The van der Waals surface area contributed by atoms with E-state index in [-0.39, 0.29) is 38.6 Å². The second kappa shape index (κ2) is 6.09. The largest absolute Gasteiger partial charge is 0.676 e. The average Bonchev–Trinajstić information content (AvgIpc) is 1.94. The number of amides is 1. The van der Waals surface area contributed by atoms with Crippen LogP contribution in [0.15, 0.2) is 0 Å². The van der Waals surface area contributed by atoms with Gasteiger partial charge in [-0.15, -0.1) is 6.54 Å². The predicted molar refractivity (Wildman–Crippen MR) is 39.1 cm³/mol. The Hall–Kier alpha value is 0.534. The van der Waals surface area contributed by atoms with Crippen LogP contribution in [0.5, 0.6) is 0 Å². The Bertz CT molecular complexity index is 128. The summed E-state index contributed by atoms with van der Waals surface area (Å²) in [5, 5.41) is 0. The molecule has 0 atom stereocenters. The average molecular weight is 229 g/mol. The van der Waals surface area contributed by atoms with E-state index in [2.05, 4.69) is 0 Å². The van der Waals surface area contributed by atoms with Gasteiger partial charge >= 0.3 is 0 Å². The van der Waals surface area contributed by atoms with Gasteiger partial charge in [0, 0.05) is 39.1 Å². The second-order valence-corrected chi connectivity index (χ2v) is 2.41. The van der Waals surface area contributed by atoms with Gasteiger partial charge in [-0.05, 0) is 6.54 Å². The summed E-state index contributed by atoms with van der Waals surface area (Å²) in [6, 6.07) is 0. The van der Waals surface area contributed by atoms with E-state index >= 15 is 0 Å². The molecule has 1 saturated heterocycles. The van der Waals surface area contributed by atoms with Gasteiger partial charge in [-0.2, -0.15) is 6.42 Å². The summed E-state index contributed by atoms with van der Waals surface area (Å²) in [6.45, 7) is 2.78. The van der Waals surface area contributed by atoms with Crippen LogP contribution in [0.2, 0.25) is 0 Å². The SMILES string of the molecule is [NH-]CCN1[CH-]CCCC1=O.[Y]. The van der Waals surface area contributed by atoms with Gasteiger partial charge in [-0.1, -0.05) is 6.42 Å². The van der Waals surface area contributed by atoms with Crippen LogP contribution in [0.1, 0.15) is 19.3 Å². The molecule has 0 saturated carbocycles. The van der Waals surface area contributed by atoms with E-state index in [9.17, 15) is 4.79 Å². The molecule has 0 spiro atoms. The quantitative estimate of drug-likeness (QED) is 0.656. The molecule has 61 valence electrons. The number of carbonyl (C=O) groups is 1. The fourth-order valence-corrected chi connectivity index (χ4v) is 1.08. The Morgan fingerprint density at radius 2 is 2.36 bits per heavy atom. The van der Waals surface area contributed by atoms with Crippen LogP contribution in [-0.4, -0.2) is 23.9 Å². The van der Waals surface area contributed by atoms with Crippen LogP contribution in [0.4, 0.5) is 0 Å². The third-order valence-corrected chi connectivity index (χ3v) is 1.62. The molecule has 0 aliphatic carbocycles. The minimum Gasteiger partial charge on any atom is -0.676 e. The van der Waals surface area contributed by atoms with E-state index in [0.29, 0.717) is 19.5 Å². The van der Waals surface area contributed by atoms with Crippen molar-refractivity contribution in [3.63, 3.8) is 0 Å². The summed E-state index contributed by atoms with van der Waals surface area (Å²) in [5.74, 6) is 0.179. The van der Waals surface area contributed by atoms with Crippen LogP contribution in [0.3, 0.4) is 0 Å². The molecule has 1 radical (unpaired) electrons. The normalized spacial score (nSPS) is 17.9. The zero-order valence-electron chi connectivity index (χ0n) is 6.55. The zero-order chi connectivity index (χ0) is 7.40. The van der Waals surface area contributed by atoms with Gasteiger partial charge < -0.3 is 10.6 Å². The maximum absolute atomic E-state index is 11.0. The van der Waals surface area contributed by atoms with Crippen molar-refractivity contribution in [2.75, 3.05) is 13.1 Å². The van der Waals surface area contributed by atoms with Crippen LogP contribution in [0.25, 0.3) is 5.73 Å². The van der Waals surface area contributed by atoms with E-state index in [1.807, 2.05) is 6.54 Å². The number of nitrogens with zero attached hydrogens (tertiary/aromatic N) is 1. The number of likely N-dealkylation sites (tertiary alicyclic amines) is 1. The predicted octanol–water partition coefficient (Wildman–Crippen LogP) is 1.21. The maximum atomic E-state index is 11.0. The molecule has 1 fully saturated rings. The zero-order valence-corrected chi connectivity index (χ0v) is 9.38. The summed E-state index contributed by atoms with van der Waals surface area (Å²) in [5.41, 5.74) is 6.92. The Labute approximate surface area is 92.6 Å². The smallest absolute Gasteiger partial charge is 0.193 e. The van der Waals surface area contributed by atoms with E-state index in [4.69, 9.17) is 5.73 Å². The Kier molecular flexibility index (Phi) is 6.39. The first kappa shape index (κ1) is 11.5. The van der Waals surface area contributed by atoms with Crippen LogP contribution < -0.4 is 0 Å². The molecular weight excluding hydrogens is 217 g/mol.